The number of nitrogens with zero attached hydrogens (tertiary/aromatic N) is 4. The summed E-state index contributed by atoms with van der Waals surface area (Å²) in [5.74, 6) is 1.88. The normalized spacial score (nSPS) is 18.6. The first-order valence-electron chi connectivity index (χ1n) is 9.12. The molecule has 0 amide bonds. The molecule has 6 heteroatoms. The molecule has 0 aliphatic carbocycles. The van der Waals surface area contributed by atoms with Gasteiger partial charge < -0.3 is 15.1 Å². The molecule has 2 aromatic rings. The molecule has 0 unspecified atom stereocenters. The van der Waals surface area contributed by atoms with Crippen LogP contribution >= 0.6 is 0 Å². The Morgan fingerprint density at radius 3 is 2.12 bits per heavy atom. The fourth-order valence-electron chi connectivity index (χ4n) is 3.66. The van der Waals surface area contributed by atoms with Crippen LogP contribution in [0.1, 0.15) is 25.7 Å². The number of benzene rings is 1. The summed E-state index contributed by atoms with van der Waals surface area (Å²) >= 11 is 0. The van der Waals surface area contributed by atoms with Gasteiger partial charge in [-0.2, -0.15) is 0 Å². The predicted molar refractivity (Wildman–Crippen MR) is 98.7 cm³/mol. The smallest absolute Gasteiger partial charge is 0.134 e. The van der Waals surface area contributed by atoms with Crippen molar-refractivity contribution in [3.05, 3.63) is 42.5 Å². The van der Waals surface area contributed by atoms with Crippen molar-refractivity contribution in [2.45, 2.75) is 31.7 Å². The SMILES string of the molecule is Fc1ccc(NC2CCN(c3cc(N4CCCC4)ncn3)CC2)cc1. The molecule has 1 N–H and O–H groups in total. The molecule has 25 heavy (non-hydrogen) atoms. The van der Waals surface area contributed by atoms with Crippen molar-refractivity contribution in [3.8, 4) is 0 Å². The third-order valence-corrected chi connectivity index (χ3v) is 5.10. The van der Waals surface area contributed by atoms with Gasteiger partial charge >= 0.3 is 0 Å². The molecule has 132 valence electrons. The highest BCUT2D eigenvalue weighted by Crippen LogP contribution is 2.24. The molecule has 0 spiro atoms. The average Bonchev–Trinajstić information content (AvgIpc) is 3.19. The van der Waals surface area contributed by atoms with E-state index >= 15 is 0 Å². The number of anilines is 3. The maximum Gasteiger partial charge on any atom is 0.134 e. The summed E-state index contributed by atoms with van der Waals surface area (Å²) < 4.78 is 13.0. The first-order chi connectivity index (χ1) is 12.3. The molecule has 0 radical (unpaired) electrons. The van der Waals surface area contributed by atoms with Crippen molar-refractivity contribution < 1.29 is 4.39 Å². The monoisotopic (exact) mass is 341 g/mol. The second-order valence-corrected chi connectivity index (χ2v) is 6.84. The van der Waals surface area contributed by atoms with Crippen LogP contribution in [-0.2, 0) is 0 Å². The first-order valence-corrected chi connectivity index (χ1v) is 9.12. The average molecular weight is 341 g/mol. The van der Waals surface area contributed by atoms with Gasteiger partial charge in [-0.25, -0.2) is 14.4 Å². The highest BCUT2D eigenvalue weighted by molar-refractivity contribution is 5.51. The van der Waals surface area contributed by atoms with E-state index in [4.69, 9.17) is 0 Å². The van der Waals surface area contributed by atoms with E-state index in [0.717, 1.165) is 56.3 Å². The molecule has 1 aromatic heterocycles. The van der Waals surface area contributed by atoms with Crippen molar-refractivity contribution in [1.29, 1.82) is 0 Å². The van der Waals surface area contributed by atoms with Crippen LogP contribution in [0.2, 0.25) is 0 Å². The van der Waals surface area contributed by atoms with E-state index in [9.17, 15) is 4.39 Å². The summed E-state index contributed by atoms with van der Waals surface area (Å²) in [6, 6.07) is 9.14. The summed E-state index contributed by atoms with van der Waals surface area (Å²) in [7, 11) is 0. The lowest BCUT2D eigenvalue weighted by atomic mass is 10.0. The molecule has 2 saturated heterocycles. The van der Waals surface area contributed by atoms with E-state index in [0.29, 0.717) is 6.04 Å². The summed E-state index contributed by atoms with van der Waals surface area (Å²) in [6.45, 7) is 4.13. The van der Waals surface area contributed by atoms with E-state index < -0.39 is 0 Å². The number of hydrogen-bond acceptors (Lipinski definition) is 5. The Hall–Kier alpha value is -2.37. The fraction of sp³-hybridized carbons (Fsp3) is 0.474. The van der Waals surface area contributed by atoms with Gasteiger partial charge in [0.15, 0.2) is 0 Å². The minimum atomic E-state index is -0.196. The second-order valence-electron chi connectivity index (χ2n) is 6.84. The van der Waals surface area contributed by atoms with Crippen LogP contribution in [-0.4, -0.2) is 42.2 Å². The Labute approximate surface area is 147 Å². The molecule has 2 aliphatic heterocycles. The standard InChI is InChI=1S/C19H24FN5/c20-15-3-5-16(6-4-15)23-17-7-11-25(12-8-17)19-13-18(21-14-22-19)24-9-1-2-10-24/h3-6,13-14,17,23H,1-2,7-12H2. The minimum absolute atomic E-state index is 0.196. The molecular weight excluding hydrogens is 317 g/mol. The van der Waals surface area contributed by atoms with Crippen LogP contribution in [0.3, 0.4) is 0 Å². The molecule has 5 nitrogen and oxygen atoms in total. The van der Waals surface area contributed by atoms with E-state index in [1.165, 1.54) is 25.0 Å². The molecular formula is C19H24FN5. The molecule has 0 saturated carbocycles. The highest BCUT2D eigenvalue weighted by atomic mass is 19.1. The second kappa shape index (κ2) is 7.25. The van der Waals surface area contributed by atoms with Crippen LogP contribution in [0, 0.1) is 5.82 Å². The van der Waals surface area contributed by atoms with Crippen molar-refractivity contribution in [2.75, 3.05) is 41.3 Å². The molecule has 2 fully saturated rings. The number of halogens is 1. The topological polar surface area (TPSA) is 44.3 Å². The summed E-state index contributed by atoms with van der Waals surface area (Å²) in [4.78, 5) is 13.6. The Kier molecular flexibility index (Phi) is 4.68. The van der Waals surface area contributed by atoms with E-state index in [1.54, 1.807) is 18.5 Å². The molecule has 0 atom stereocenters. The molecule has 1 aromatic carbocycles. The maximum absolute atomic E-state index is 13.0. The summed E-state index contributed by atoms with van der Waals surface area (Å²) in [5.41, 5.74) is 0.984. The van der Waals surface area contributed by atoms with E-state index in [1.807, 2.05) is 0 Å². The summed E-state index contributed by atoms with van der Waals surface area (Å²) in [5, 5.41) is 3.50. The van der Waals surface area contributed by atoms with Gasteiger partial charge in [0.25, 0.3) is 0 Å². The van der Waals surface area contributed by atoms with Gasteiger partial charge in [0.05, 0.1) is 0 Å². The molecule has 4 rings (SSSR count). The number of hydrogen-bond donors (Lipinski definition) is 1. The Balaban J connectivity index is 1.35. The number of piperidine rings is 1. The first kappa shape index (κ1) is 16.1. The van der Waals surface area contributed by atoms with Gasteiger partial charge in [0.1, 0.15) is 23.8 Å². The zero-order valence-corrected chi connectivity index (χ0v) is 14.4. The van der Waals surface area contributed by atoms with Crippen molar-refractivity contribution in [2.24, 2.45) is 0 Å². The highest BCUT2D eigenvalue weighted by Gasteiger charge is 2.21. The van der Waals surface area contributed by atoms with Gasteiger partial charge in [-0.05, 0) is 49.9 Å². The Morgan fingerprint density at radius 2 is 1.48 bits per heavy atom. The molecule has 2 aliphatic rings. The van der Waals surface area contributed by atoms with Crippen molar-refractivity contribution >= 4 is 17.3 Å². The zero-order chi connectivity index (χ0) is 17.1. The van der Waals surface area contributed by atoms with Crippen molar-refractivity contribution in [1.82, 2.24) is 9.97 Å². The lowest BCUT2D eigenvalue weighted by Crippen LogP contribution is -2.39. The van der Waals surface area contributed by atoms with Gasteiger partial charge in [-0.3, -0.25) is 0 Å². The Morgan fingerprint density at radius 1 is 0.880 bits per heavy atom. The lowest BCUT2D eigenvalue weighted by molar-refractivity contribution is 0.523. The van der Waals surface area contributed by atoms with Crippen LogP contribution < -0.4 is 15.1 Å². The van der Waals surface area contributed by atoms with E-state index in [2.05, 4.69) is 31.2 Å². The van der Waals surface area contributed by atoms with Crippen LogP contribution in [0.5, 0.6) is 0 Å². The lowest BCUT2D eigenvalue weighted by Gasteiger charge is -2.34. The van der Waals surface area contributed by atoms with Crippen LogP contribution in [0.4, 0.5) is 21.7 Å². The minimum Gasteiger partial charge on any atom is -0.382 e. The summed E-state index contributed by atoms with van der Waals surface area (Å²) in [6.07, 6.45) is 6.27. The third kappa shape index (κ3) is 3.83. The molecule has 3 heterocycles. The fourth-order valence-corrected chi connectivity index (χ4v) is 3.66. The molecule has 0 bridgehead atoms. The largest absolute Gasteiger partial charge is 0.382 e. The van der Waals surface area contributed by atoms with Crippen LogP contribution in [0.25, 0.3) is 0 Å². The zero-order valence-electron chi connectivity index (χ0n) is 14.4. The maximum atomic E-state index is 13.0. The number of aromatic nitrogens is 2. The van der Waals surface area contributed by atoms with Crippen LogP contribution in [0.15, 0.2) is 36.7 Å². The van der Waals surface area contributed by atoms with Crippen molar-refractivity contribution in [3.63, 3.8) is 0 Å². The number of rotatable bonds is 4. The quantitative estimate of drug-likeness (QED) is 0.924. The third-order valence-electron chi connectivity index (χ3n) is 5.10. The van der Waals surface area contributed by atoms with E-state index in [-0.39, 0.29) is 5.82 Å². The van der Waals surface area contributed by atoms with Gasteiger partial charge in [-0.15, -0.1) is 0 Å². The van der Waals surface area contributed by atoms with Gasteiger partial charge in [-0.1, -0.05) is 0 Å². The predicted octanol–water partition coefficient (Wildman–Crippen LogP) is 3.30. The Bertz CT molecular complexity index is 691. The van der Waals surface area contributed by atoms with Gasteiger partial charge in [0.2, 0.25) is 0 Å². The number of nitrogens with one attached hydrogen (secondary N) is 1. The van der Waals surface area contributed by atoms with Gasteiger partial charge in [0, 0.05) is 44.0 Å².